The molecule has 616 valence electrons. The smallest absolute Gasteiger partial charge is 0.291 e. The maximum Gasteiger partial charge on any atom is 0.291 e. The van der Waals surface area contributed by atoms with Gasteiger partial charge in [0, 0.05) is 140 Å². The Balaban J connectivity index is 0.519. The molecule has 0 saturated heterocycles. The lowest BCUT2D eigenvalue weighted by Gasteiger charge is -2.39. The van der Waals surface area contributed by atoms with Crippen LogP contribution in [0.4, 0.5) is 40.3 Å². The third-order valence-corrected chi connectivity index (χ3v) is 18.4. The molecule has 0 bridgehead atoms. The van der Waals surface area contributed by atoms with E-state index in [0.29, 0.717) is 170 Å². The van der Waals surface area contributed by atoms with E-state index in [4.69, 9.17) is 61.0 Å². The number of ether oxygens (including phenoxy) is 8. The Kier molecular flexibility index (Phi) is 34.8. The molecule has 0 radical (unpaired) electrons. The molecule has 6 heterocycles. The first-order valence-corrected chi connectivity index (χ1v) is 38.3. The second-order valence-corrected chi connectivity index (χ2v) is 27.4. The number of aromatic nitrogens is 8. The van der Waals surface area contributed by atoms with Crippen LogP contribution in [-0.2, 0) is 82.7 Å². The van der Waals surface area contributed by atoms with Crippen molar-refractivity contribution in [3.63, 3.8) is 0 Å². The lowest BCUT2D eigenvalue weighted by Crippen LogP contribution is -2.43. The van der Waals surface area contributed by atoms with Crippen molar-refractivity contribution in [3.8, 4) is 11.1 Å². The molecule has 1 aliphatic rings. The molecule has 0 aliphatic carbocycles. The number of nitrogens with two attached hydrogens (primary N) is 2. The Bertz CT molecular complexity index is 4430. The molecule has 7 amide bonds. The first-order chi connectivity index (χ1) is 55.1. The van der Waals surface area contributed by atoms with E-state index in [1.165, 1.54) is 21.4 Å². The summed E-state index contributed by atoms with van der Waals surface area (Å²) in [5, 5.41) is 27.5. The minimum Gasteiger partial charge on any atom is -0.378 e. The van der Waals surface area contributed by atoms with Crippen LogP contribution in [0.1, 0.15) is 115 Å². The van der Waals surface area contributed by atoms with Crippen LogP contribution in [0.15, 0.2) is 110 Å². The molecule has 3 aromatic carbocycles. The zero-order chi connectivity index (χ0) is 81.3. The number of amides is 7. The van der Waals surface area contributed by atoms with Gasteiger partial charge in [0.15, 0.2) is 11.6 Å². The highest BCUT2D eigenvalue weighted by atomic mass is 35.5. The number of nitrogens with one attached hydrogen (secondary N) is 9. The highest BCUT2D eigenvalue weighted by Gasteiger charge is 2.33. The number of hydrogen-bond donors (Lipinski definition) is 11. The van der Waals surface area contributed by atoms with Crippen molar-refractivity contribution in [1.29, 1.82) is 0 Å². The summed E-state index contributed by atoms with van der Waals surface area (Å²) < 4.78 is 52.7. The van der Waals surface area contributed by atoms with Crippen molar-refractivity contribution in [2.75, 3.05) is 176 Å². The van der Waals surface area contributed by atoms with Gasteiger partial charge in [-0.25, -0.2) is 9.97 Å². The van der Waals surface area contributed by atoms with Gasteiger partial charge in [-0.05, 0) is 110 Å². The first-order valence-electron chi connectivity index (χ1n) is 37.9. The minimum atomic E-state index is -0.605. The summed E-state index contributed by atoms with van der Waals surface area (Å²) in [5.74, 6) is -0.839. The van der Waals surface area contributed by atoms with Crippen LogP contribution >= 0.6 is 11.6 Å². The molecule has 8 aromatic rings. The number of fused-ring (bicyclic) bond motifs is 1. The fourth-order valence-electron chi connectivity index (χ4n) is 12.3. The van der Waals surface area contributed by atoms with Gasteiger partial charge in [-0.2, -0.15) is 4.98 Å². The molecule has 5 aromatic heterocycles. The Morgan fingerprint density at radius 2 is 1.03 bits per heavy atom. The van der Waals surface area contributed by atoms with Gasteiger partial charge in [0.05, 0.1) is 135 Å². The maximum absolute atomic E-state index is 13.4. The molecule has 13 N–H and O–H groups in total. The second-order valence-electron chi connectivity index (χ2n) is 27.0. The molecule has 1 aliphatic heterocycles. The second kappa shape index (κ2) is 45.4. The monoisotopic (exact) mass is 1600 g/mol. The molecule has 0 saturated carbocycles. The van der Waals surface area contributed by atoms with Crippen LogP contribution in [0.3, 0.4) is 0 Å². The third kappa shape index (κ3) is 27.1. The van der Waals surface area contributed by atoms with E-state index >= 15 is 0 Å². The number of nitrogens with zero attached hydrogens (tertiary/aromatic N) is 9. The Morgan fingerprint density at radius 1 is 0.509 bits per heavy atom. The standard InChI is InChI=1S/C78H107ClN20O15/c1-52-43-63(87-58-16-14-57(79)15-17-58)61-44-56(13-18-65(61)99(52)53(2)100)54-9-11-55(12-10-54)73(102)85-25-27-107-29-31-109-33-35-111-37-39-113-41-42-114-40-38-112-36-34-110-32-30-108-28-26-86-76(105)71-92-69(51-97(71)6)91-70(101)20-24-84-75(104)66-45-59(47-94(66)3)88-77(106)72-90-64(49-96(72)5)62(81)19-23-83-74(103)67-46-60(48-95(67)4)89-78-93-68(50-98(78)7)82-22-8-21-80/h9-18,44-52,62-63,82,87H,8,19-43,80-81H2,1-7H3,(H,83,103)(H,84,104)(H,85,102)(H,86,105)(H,88,106)(H,89,93)(H,91,101)/t52-,62?,63+/m0/s1. The van der Waals surface area contributed by atoms with Crippen LogP contribution in [0.5, 0.6) is 0 Å². The van der Waals surface area contributed by atoms with Crippen molar-refractivity contribution in [2.45, 2.75) is 57.7 Å². The van der Waals surface area contributed by atoms with Crippen molar-refractivity contribution in [2.24, 2.45) is 46.7 Å². The van der Waals surface area contributed by atoms with E-state index in [-0.39, 0.29) is 85.6 Å². The van der Waals surface area contributed by atoms with Crippen LogP contribution in [-0.4, -0.2) is 230 Å². The fourth-order valence-corrected chi connectivity index (χ4v) is 12.4. The van der Waals surface area contributed by atoms with Gasteiger partial charge < -0.3 is 125 Å². The van der Waals surface area contributed by atoms with E-state index < -0.39 is 29.7 Å². The average Bonchev–Trinajstić information content (AvgIpc) is 1.35. The van der Waals surface area contributed by atoms with Crippen molar-refractivity contribution >= 4 is 93.3 Å². The zero-order valence-electron chi connectivity index (χ0n) is 65.7. The SMILES string of the molecule is CC(=O)N1c2ccc(-c3ccc(C(=O)NCCOCCOCCOCCOCCOCCOCCOCCOCCNC(=O)c4nc(NC(=O)CCNC(=O)c5cc(NC(=O)c6nc(C(N)CCNC(=O)c7cc(Nc8nc(NCCCN)cn8C)cn7C)cn6C)cn5C)cn4C)cc3)cc2[C@H](Nc2ccc(Cl)cc2)C[C@@H]1C. The number of anilines is 7. The topological polar surface area (TPSA) is 420 Å². The van der Waals surface area contributed by atoms with Crippen molar-refractivity contribution < 1.29 is 71.5 Å². The van der Waals surface area contributed by atoms with E-state index in [0.717, 1.165) is 40.9 Å². The van der Waals surface area contributed by atoms with Crippen LogP contribution in [0.2, 0.25) is 5.02 Å². The van der Waals surface area contributed by atoms with Gasteiger partial charge in [0.1, 0.15) is 17.2 Å². The molecule has 36 heteroatoms. The number of aryl methyl sites for hydroxylation is 5. The molecule has 1 unspecified atom stereocenters. The predicted octanol–water partition coefficient (Wildman–Crippen LogP) is 5.81. The first kappa shape index (κ1) is 87.4. The highest BCUT2D eigenvalue weighted by Crippen LogP contribution is 2.41. The van der Waals surface area contributed by atoms with E-state index in [1.54, 1.807) is 81.0 Å². The van der Waals surface area contributed by atoms with Gasteiger partial charge in [-0.15, -0.1) is 0 Å². The minimum absolute atomic E-state index is 0.00394. The largest absolute Gasteiger partial charge is 0.378 e. The van der Waals surface area contributed by atoms with Gasteiger partial charge in [0.2, 0.25) is 23.6 Å². The normalized spacial score (nSPS) is 13.4. The maximum atomic E-state index is 13.4. The summed E-state index contributed by atoms with van der Waals surface area (Å²) in [6, 6.07) is 23.8. The lowest BCUT2D eigenvalue weighted by molar-refractivity contribution is -0.117. The lowest BCUT2D eigenvalue weighted by atomic mass is 9.88. The molecule has 114 heavy (non-hydrogen) atoms. The molecule has 9 rings (SSSR count). The van der Waals surface area contributed by atoms with E-state index in [9.17, 15) is 33.6 Å². The average molecular weight is 1600 g/mol. The van der Waals surface area contributed by atoms with Crippen LogP contribution < -0.4 is 64.2 Å². The Hall–Kier alpha value is -10.6. The van der Waals surface area contributed by atoms with E-state index in [1.807, 2.05) is 71.2 Å². The molecular weight excluding hydrogens is 1490 g/mol. The predicted molar refractivity (Wildman–Crippen MR) is 431 cm³/mol. The number of rotatable bonds is 50. The molecule has 0 fully saturated rings. The third-order valence-electron chi connectivity index (χ3n) is 18.1. The number of imidazole rings is 3. The zero-order valence-corrected chi connectivity index (χ0v) is 66.4. The summed E-state index contributed by atoms with van der Waals surface area (Å²) in [7, 11) is 8.56. The molecule has 0 spiro atoms. The van der Waals surface area contributed by atoms with Gasteiger partial charge in [-0.1, -0.05) is 29.8 Å². The van der Waals surface area contributed by atoms with Crippen molar-refractivity contribution in [3.05, 3.63) is 155 Å². The fraction of sp³-hybridized carbons (Fsp3) is 0.462. The Morgan fingerprint density at radius 3 is 1.61 bits per heavy atom. The van der Waals surface area contributed by atoms with Crippen LogP contribution in [0, 0.1) is 0 Å². The number of carbonyl (C=O) groups excluding carboxylic acids is 7. The Labute approximate surface area is 667 Å². The summed E-state index contributed by atoms with van der Waals surface area (Å²) in [6.07, 6.45) is 10.2. The summed E-state index contributed by atoms with van der Waals surface area (Å²) in [4.78, 5) is 106. The van der Waals surface area contributed by atoms with Crippen LogP contribution in [0.25, 0.3) is 11.1 Å². The molecule has 3 atom stereocenters. The molecular formula is C78H107ClN20O15. The molecule has 35 nitrogen and oxygen atoms in total. The van der Waals surface area contributed by atoms with Gasteiger partial charge in [0.25, 0.3) is 29.5 Å². The number of hydrogen-bond acceptors (Lipinski definition) is 23. The quantitative estimate of drug-likeness (QED) is 0.0200. The highest BCUT2D eigenvalue weighted by molar-refractivity contribution is 6.30. The number of carbonyl (C=O) groups is 7. The van der Waals surface area contributed by atoms with Crippen molar-refractivity contribution in [1.82, 2.24) is 59.1 Å². The summed E-state index contributed by atoms with van der Waals surface area (Å²) in [6.45, 7) is 11.7. The summed E-state index contributed by atoms with van der Waals surface area (Å²) in [5.41, 5.74) is 19.5. The number of halogens is 1. The number of benzene rings is 3. The van der Waals surface area contributed by atoms with E-state index in [2.05, 4.69) is 75.8 Å². The van der Waals surface area contributed by atoms with Gasteiger partial charge >= 0.3 is 0 Å². The summed E-state index contributed by atoms with van der Waals surface area (Å²) >= 11 is 6.14. The van der Waals surface area contributed by atoms with Gasteiger partial charge in [-0.3, -0.25) is 33.6 Å².